The molecule has 0 aromatic carbocycles. The van der Waals surface area contributed by atoms with Gasteiger partial charge in [-0.2, -0.15) is 0 Å². The molecule has 0 aliphatic carbocycles. The van der Waals surface area contributed by atoms with Crippen molar-refractivity contribution in [2.24, 2.45) is 0 Å². The van der Waals surface area contributed by atoms with E-state index in [1.54, 1.807) is 6.92 Å². The predicted molar refractivity (Wildman–Crippen MR) is 62.2 cm³/mol. The van der Waals surface area contributed by atoms with Crippen LogP contribution in [0.25, 0.3) is 0 Å². The Morgan fingerprint density at radius 3 is 2.76 bits per heavy atom. The summed E-state index contributed by atoms with van der Waals surface area (Å²) in [6.45, 7) is 1.77. The number of halogens is 3. The number of nitrogens with two attached hydrogens (primary N) is 1. The van der Waals surface area contributed by atoms with E-state index in [2.05, 4.69) is 20.9 Å². The van der Waals surface area contributed by atoms with E-state index in [0.717, 1.165) is 6.20 Å². The SMILES string of the molecule is CCOC(=O)c1ncc(N)c(C(F)F)c1CBr. The molecule has 94 valence electrons. The molecule has 4 nitrogen and oxygen atoms in total. The van der Waals surface area contributed by atoms with Gasteiger partial charge in [0.1, 0.15) is 0 Å². The molecule has 1 rings (SSSR count). The fourth-order valence-electron chi connectivity index (χ4n) is 1.35. The molecule has 0 spiro atoms. The summed E-state index contributed by atoms with van der Waals surface area (Å²) in [5, 5.41) is 0.0544. The number of carbonyl (C=O) groups excluding carboxylic acids is 1. The Hall–Kier alpha value is -1.24. The minimum atomic E-state index is -2.77. The summed E-state index contributed by atoms with van der Waals surface area (Å²) in [7, 11) is 0. The van der Waals surface area contributed by atoms with Crippen molar-refractivity contribution >= 4 is 27.6 Å². The standard InChI is InChI=1S/C10H11BrF2N2O2/c1-2-17-10(16)8-5(3-11)7(9(12)13)6(14)4-15-8/h4,9H,2-3,14H2,1H3. The monoisotopic (exact) mass is 308 g/mol. The van der Waals surface area contributed by atoms with Crippen LogP contribution < -0.4 is 5.73 Å². The normalized spacial score (nSPS) is 10.6. The van der Waals surface area contributed by atoms with Crippen molar-refractivity contribution in [3.8, 4) is 0 Å². The second kappa shape index (κ2) is 5.90. The van der Waals surface area contributed by atoms with Gasteiger partial charge in [-0.1, -0.05) is 15.9 Å². The van der Waals surface area contributed by atoms with Crippen LogP contribution in [0.2, 0.25) is 0 Å². The summed E-state index contributed by atoms with van der Waals surface area (Å²) >= 11 is 3.04. The van der Waals surface area contributed by atoms with Gasteiger partial charge in [-0.15, -0.1) is 0 Å². The molecule has 0 bridgehead atoms. The molecular weight excluding hydrogens is 298 g/mol. The van der Waals surface area contributed by atoms with Crippen molar-refractivity contribution in [3.05, 3.63) is 23.0 Å². The third-order valence-electron chi connectivity index (χ3n) is 2.08. The van der Waals surface area contributed by atoms with E-state index in [1.165, 1.54) is 0 Å². The maximum atomic E-state index is 12.8. The Labute approximate surface area is 105 Å². The number of anilines is 1. The molecule has 17 heavy (non-hydrogen) atoms. The van der Waals surface area contributed by atoms with Crippen molar-refractivity contribution in [3.63, 3.8) is 0 Å². The molecule has 7 heteroatoms. The first-order chi connectivity index (χ1) is 8.02. The smallest absolute Gasteiger partial charge is 0.357 e. The van der Waals surface area contributed by atoms with Gasteiger partial charge in [0.25, 0.3) is 6.43 Å². The van der Waals surface area contributed by atoms with E-state index >= 15 is 0 Å². The zero-order valence-electron chi connectivity index (χ0n) is 9.04. The summed E-state index contributed by atoms with van der Waals surface area (Å²) in [6.07, 6.45) is -1.72. The highest BCUT2D eigenvalue weighted by Crippen LogP contribution is 2.31. The number of rotatable bonds is 4. The van der Waals surface area contributed by atoms with E-state index < -0.39 is 12.4 Å². The van der Waals surface area contributed by atoms with E-state index in [1.807, 2.05) is 0 Å². The van der Waals surface area contributed by atoms with E-state index in [-0.39, 0.29) is 34.4 Å². The number of carbonyl (C=O) groups is 1. The molecule has 0 aliphatic rings. The van der Waals surface area contributed by atoms with E-state index in [9.17, 15) is 13.6 Å². The molecule has 0 amide bonds. The molecule has 0 aliphatic heterocycles. The Morgan fingerprint density at radius 2 is 2.29 bits per heavy atom. The number of pyridine rings is 1. The average molecular weight is 309 g/mol. The molecule has 1 aromatic rings. The van der Waals surface area contributed by atoms with Crippen molar-refractivity contribution in [1.82, 2.24) is 4.98 Å². The summed E-state index contributed by atoms with van der Waals surface area (Å²) in [4.78, 5) is 15.3. The topological polar surface area (TPSA) is 65.2 Å². The quantitative estimate of drug-likeness (QED) is 0.686. The molecule has 2 N–H and O–H groups in total. The first-order valence-corrected chi connectivity index (χ1v) is 5.93. The molecule has 1 aromatic heterocycles. The number of nitrogens with zero attached hydrogens (tertiary/aromatic N) is 1. The van der Waals surface area contributed by atoms with Crippen LogP contribution in [-0.4, -0.2) is 17.6 Å². The fourth-order valence-corrected chi connectivity index (χ4v) is 1.92. The number of esters is 1. The fraction of sp³-hybridized carbons (Fsp3) is 0.400. The number of alkyl halides is 3. The maximum Gasteiger partial charge on any atom is 0.357 e. The number of nitrogen functional groups attached to an aromatic ring is 1. The molecule has 0 atom stereocenters. The van der Waals surface area contributed by atoms with Crippen LogP contribution in [0, 0.1) is 0 Å². The largest absolute Gasteiger partial charge is 0.461 e. The van der Waals surface area contributed by atoms with Gasteiger partial charge < -0.3 is 10.5 Å². The number of hydrogen-bond donors (Lipinski definition) is 1. The molecule has 0 unspecified atom stereocenters. The van der Waals surface area contributed by atoms with Gasteiger partial charge in [0.2, 0.25) is 0 Å². The third kappa shape index (κ3) is 2.91. The predicted octanol–water partition coefficient (Wildman–Crippen LogP) is 2.67. The zero-order valence-corrected chi connectivity index (χ0v) is 10.6. The van der Waals surface area contributed by atoms with Crippen molar-refractivity contribution in [2.45, 2.75) is 18.7 Å². The first kappa shape index (κ1) is 13.8. The van der Waals surface area contributed by atoms with Crippen LogP contribution in [0.3, 0.4) is 0 Å². The molecular formula is C10H11BrF2N2O2. The van der Waals surface area contributed by atoms with Crippen LogP contribution in [0.15, 0.2) is 6.20 Å². The first-order valence-electron chi connectivity index (χ1n) is 4.81. The minimum absolute atomic E-state index is 0.0544. The Kier molecular flexibility index (Phi) is 4.80. The number of aromatic nitrogens is 1. The van der Waals surface area contributed by atoms with Crippen molar-refractivity contribution < 1.29 is 18.3 Å². The lowest BCUT2D eigenvalue weighted by Gasteiger charge is -2.12. The molecule has 0 fully saturated rings. The molecule has 0 saturated heterocycles. The average Bonchev–Trinajstić information content (AvgIpc) is 2.27. The van der Waals surface area contributed by atoms with Gasteiger partial charge >= 0.3 is 5.97 Å². The van der Waals surface area contributed by atoms with Crippen molar-refractivity contribution in [2.75, 3.05) is 12.3 Å². The third-order valence-corrected chi connectivity index (χ3v) is 2.64. The van der Waals surface area contributed by atoms with Crippen LogP contribution in [0.1, 0.15) is 35.0 Å². The highest BCUT2D eigenvalue weighted by molar-refractivity contribution is 9.08. The van der Waals surface area contributed by atoms with Crippen LogP contribution in [0.5, 0.6) is 0 Å². The van der Waals surface area contributed by atoms with Crippen LogP contribution >= 0.6 is 15.9 Å². The lowest BCUT2D eigenvalue weighted by atomic mass is 10.1. The van der Waals surface area contributed by atoms with Crippen molar-refractivity contribution in [1.29, 1.82) is 0 Å². The Bertz CT molecular complexity index is 427. The summed E-state index contributed by atoms with van der Waals surface area (Å²) in [5.41, 5.74) is 4.85. The maximum absolute atomic E-state index is 12.8. The molecule has 0 radical (unpaired) electrons. The van der Waals surface area contributed by atoms with Crippen LogP contribution in [-0.2, 0) is 10.1 Å². The van der Waals surface area contributed by atoms with Crippen LogP contribution in [0.4, 0.5) is 14.5 Å². The summed E-state index contributed by atoms with van der Waals surface area (Å²) < 4.78 is 30.4. The van der Waals surface area contributed by atoms with E-state index in [0.29, 0.717) is 0 Å². The summed E-state index contributed by atoms with van der Waals surface area (Å²) in [5.74, 6) is -0.733. The summed E-state index contributed by atoms with van der Waals surface area (Å²) in [6, 6.07) is 0. The second-order valence-corrected chi connectivity index (χ2v) is 3.67. The van der Waals surface area contributed by atoms with Gasteiger partial charge in [-0.3, -0.25) is 0 Å². The molecule has 1 heterocycles. The number of hydrogen-bond acceptors (Lipinski definition) is 4. The second-order valence-electron chi connectivity index (χ2n) is 3.11. The van der Waals surface area contributed by atoms with E-state index in [4.69, 9.17) is 10.5 Å². The Morgan fingerprint density at radius 1 is 1.65 bits per heavy atom. The molecule has 0 saturated carbocycles. The highest BCUT2D eigenvalue weighted by Gasteiger charge is 2.24. The lowest BCUT2D eigenvalue weighted by Crippen LogP contribution is -2.13. The van der Waals surface area contributed by atoms with Gasteiger partial charge in [0.05, 0.1) is 18.5 Å². The Balaban J connectivity index is 3.32. The van der Waals surface area contributed by atoms with Gasteiger partial charge in [-0.05, 0) is 6.92 Å². The zero-order chi connectivity index (χ0) is 13.0. The van der Waals surface area contributed by atoms with Gasteiger partial charge in [0.15, 0.2) is 5.69 Å². The number of ether oxygens (including phenoxy) is 1. The van der Waals surface area contributed by atoms with Gasteiger partial charge in [-0.25, -0.2) is 18.6 Å². The highest BCUT2D eigenvalue weighted by atomic mass is 79.9. The minimum Gasteiger partial charge on any atom is -0.461 e. The lowest BCUT2D eigenvalue weighted by molar-refractivity contribution is 0.0518. The van der Waals surface area contributed by atoms with Gasteiger partial charge in [0, 0.05) is 16.5 Å².